The van der Waals surface area contributed by atoms with E-state index in [1.54, 1.807) is 6.92 Å². The van der Waals surface area contributed by atoms with Crippen LogP contribution in [0.25, 0.3) is 0 Å². The van der Waals surface area contributed by atoms with Gasteiger partial charge in [0.25, 0.3) is 10.0 Å². The van der Waals surface area contributed by atoms with E-state index in [1.807, 2.05) is 0 Å². The predicted octanol–water partition coefficient (Wildman–Crippen LogP) is 2.78. The van der Waals surface area contributed by atoms with Crippen LogP contribution in [0.2, 0.25) is 5.02 Å². The van der Waals surface area contributed by atoms with Crippen molar-refractivity contribution in [2.75, 3.05) is 10.5 Å². The number of nitrogens with one attached hydrogen (secondary N) is 1. The van der Waals surface area contributed by atoms with Gasteiger partial charge < -0.3 is 5.73 Å². The molecule has 1 aromatic carbocycles. The van der Waals surface area contributed by atoms with E-state index in [0.29, 0.717) is 5.82 Å². The third-order valence-corrected chi connectivity index (χ3v) is 5.77. The summed E-state index contributed by atoms with van der Waals surface area (Å²) in [5, 5.41) is 0.0113. The summed E-state index contributed by atoms with van der Waals surface area (Å²) in [5.41, 5.74) is 5.07. The quantitative estimate of drug-likeness (QED) is 0.609. The Morgan fingerprint density at radius 2 is 2.20 bits per heavy atom. The molecule has 0 aliphatic heterocycles. The third kappa shape index (κ3) is 2.87. The average molecular weight is 402 g/mol. The van der Waals surface area contributed by atoms with E-state index in [9.17, 15) is 12.8 Å². The predicted molar refractivity (Wildman–Crippen MR) is 79.0 cm³/mol. The fraction of sp³-hybridized carbons (Fsp3) is 0.111. The summed E-state index contributed by atoms with van der Waals surface area (Å²) in [7, 11) is -4.19. The molecule has 3 N–H and O–H groups in total. The fourth-order valence-corrected chi connectivity index (χ4v) is 3.78. The van der Waals surface area contributed by atoms with Crippen molar-refractivity contribution in [3.8, 4) is 0 Å². The Labute approximate surface area is 131 Å². The molecule has 0 saturated carbocycles. The monoisotopic (exact) mass is 400 g/mol. The number of aryl methyl sites for hydroxylation is 1. The van der Waals surface area contributed by atoms with Crippen LogP contribution in [0.5, 0.6) is 0 Å². The van der Waals surface area contributed by atoms with Crippen molar-refractivity contribution in [1.82, 2.24) is 9.36 Å². The largest absolute Gasteiger partial charge is 0.395 e. The number of sulfonamides is 1. The summed E-state index contributed by atoms with van der Waals surface area (Å²) in [5.74, 6) is -0.684. The minimum absolute atomic E-state index is 0.0160. The van der Waals surface area contributed by atoms with E-state index in [4.69, 9.17) is 17.3 Å². The summed E-state index contributed by atoms with van der Waals surface area (Å²) in [6, 6.07) is 0.966. The lowest BCUT2D eigenvalue weighted by Gasteiger charge is -2.10. The molecule has 0 aliphatic rings. The smallest absolute Gasteiger partial charge is 0.266 e. The van der Waals surface area contributed by atoms with Gasteiger partial charge >= 0.3 is 0 Å². The van der Waals surface area contributed by atoms with Crippen molar-refractivity contribution in [3.63, 3.8) is 0 Å². The van der Waals surface area contributed by atoms with Crippen LogP contribution in [0, 0.1) is 12.7 Å². The first-order valence-electron chi connectivity index (χ1n) is 4.98. The lowest BCUT2D eigenvalue weighted by atomic mass is 10.3. The van der Waals surface area contributed by atoms with E-state index >= 15 is 0 Å². The topological polar surface area (TPSA) is 98.0 Å². The zero-order valence-corrected chi connectivity index (χ0v) is 13.8. The van der Waals surface area contributed by atoms with Crippen LogP contribution in [0.15, 0.2) is 15.4 Å². The maximum atomic E-state index is 14.0. The van der Waals surface area contributed by atoms with Crippen LogP contribution in [-0.4, -0.2) is 17.8 Å². The lowest BCUT2D eigenvalue weighted by molar-refractivity contribution is 0.572. The van der Waals surface area contributed by atoms with Gasteiger partial charge in [0.05, 0.1) is 15.2 Å². The molecule has 0 bridgehead atoms. The minimum Gasteiger partial charge on any atom is -0.395 e. The molecule has 1 aromatic heterocycles. The first-order chi connectivity index (χ1) is 9.22. The zero-order valence-electron chi connectivity index (χ0n) is 9.82. The molecule has 108 valence electrons. The van der Waals surface area contributed by atoms with Crippen molar-refractivity contribution in [2.24, 2.45) is 0 Å². The third-order valence-electron chi connectivity index (χ3n) is 2.20. The number of hydrogen-bond acceptors (Lipinski definition) is 6. The molecule has 0 saturated heterocycles. The number of nitrogen functional groups attached to an aromatic ring is 1. The van der Waals surface area contributed by atoms with E-state index in [1.165, 1.54) is 0 Å². The maximum Gasteiger partial charge on any atom is 0.266 e. The van der Waals surface area contributed by atoms with Gasteiger partial charge in [-0.25, -0.2) is 17.8 Å². The number of nitrogens with two attached hydrogens (primary N) is 1. The second-order valence-corrected chi connectivity index (χ2v) is 7.25. The Kier molecular flexibility index (Phi) is 4.19. The SMILES string of the molecule is Cc1nsc(NS(=O)(=O)c2cc(Cl)c(Br)c(N)c2F)n1. The molecule has 1 heterocycles. The highest BCUT2D eigenvalue weighted by Gasteiger charge is 2.25. The van der Waals surface area contributed by atoms with Crippen molar-refractivity contribution in [3.05, 3.63) is 27.2 Å². The van der Waals surface area contributed by atoms with Crippen LogP contribution in [-0.2, 0) is 10.0 Å². The van der Waals surface area contributed by atoms with Gasteiger partial charge in [0, 0.05) is 11.5 Å². The van der Waals surface area contributed by atoms with Gasteiger partial charge in [-0.1, -0.05) is 11.6 Å². The first-order valence-corrected chi connectivity index (χ1v) is 8.41. The summed E-state index contributed by atoms with van der Waals surface area (Å²) in [6.07, 6.45) is 0. The highest BCUT2D eigenvalue weighted by Crippen LogP contribution is 2.35. The molecule has 6 nitrogen and oxygen atoms in total. The molecule has 11 heteroatoms. The van der Waals surface area contributed by atoms with Gasteiger partial charge in [0.15, 0.2) is 5.82 Å². The number of rotatable bonds is 3. The van der Waals surface area contributed by atoms with E-state index in [-0.39, 0.29) is 20.3 Å². The normalized spacial score (nSPS) is 11.6. The molecular formula is C9H7BrClFN4O2S2. The summed E-state index contributed by atoms with van der Waals surface area (Å²) >= 11 is 9.60. The maximum absolute atomic E-state index is 14.0. The Morgan fingerprint density at radius 3 is 2.75 bits per heavy atom. The Bertz CT molecular complexity index is 780. The van der Waals surface area contributed by atoms with E-state index in [0.717, 1.165) is 17.6 Å². The first kappa shape index (κ1) is 15.4. The minimum atomic E-state index is -4.19. The van der Waals surface area contributed by atoms with Gasteiger partial charge in [-0.3, -0.25) is 4.72 Å². The van der Waals surface area contributed by atoms with E-state index in [2.05, 4.69) is 30.0 Å². The molecule has 20 heavy (non-hydrogen) atoms. The van der Waals surface area contributed by atoms with Crippen molar-refractivity contribution in [1.29, 1.82) is 0 Å². The second kappa shape index (κ2) is 5.43. The van der Waals surface area contributed by atoms with Gasteiger partial charge in [-0.2, -0.15) is 4.37 Å². The highest BCUT2D eigenvalue weighted by molar-refractivity contribution is 9.10. The molecule has 0 atom stereocenters. The van der Waals surface area contributed by atoms with Crippen LogP contribution >= 0.6 is 39.1 Å². The van der Waals surface area contributed by atoms with Crippen LogP contribution in [0.1, 0.15) is 5.82 Å². The van der Waals surface area contributed by atoms with Crippen molar-refractivity contribution >= 4 is 59.9 Å². The molecular weight excluding hydrogens is 395 g/mol. The van der Waals surface area contributed by atoms with Gasteiger partial charge in [0.2, 0.25) is 5.13 Å². The molecule has 0 fully saturated rings. The van der Waals surface area contributed by atoms with Crippen LogP contribution in [0.3, 0.4) is 0 Å². The van der Waals surface area contributed by atoms with Crippen molar-refractivity contribution < 1.29 is 12.8 Å². The van der Waals surface area contributed by atoms with E-state index < -0.39 is 20.7 Å². The lowest BCUT2D eigenvalue weighted by Crippen LogP contribution is -2.15. The molecule has 0 aliphatic carbocycles. The number of nitrogens with zero attached hydrogens (tertiary/aromatic N) is 2. The standard InChI is InChI=1S/C9H7BrClFN4O2S2/c1-3-14-9(19-15-3)16-20(17,18)5-2-4(11)6(10)8(13)7(5)12/h2H,13H2,1H3,(H,14,15,16). The number of anilines is 2. The Hall–Kier alpha value is -0.970. The highest BCUT2D eigenvalue weighted by atomic mass is 79.9. The van der Waals surface area contributed by atoms with Gasteiger partial charge in [-0.05, 0) is 28.9 Å². The van der Waals surface area contributed by atoms with Gasteiger partial charge in [0.1, 0.15) is 10.7 Å². The zero-order chi connectivity index (χ0) is 15.1. The number of halogens is 3. The molecule has 0 unspecified atom stereocenters. The van der Waals surface area contributed by atoms with Crippen LogP contribution < -0.4 is 10.5 Å². The van der Waals surface area contributed by atoms with Crippen LogP contribution in [0.4, 0.5) is 15.2 Å². The second-order valence-electron chi connectivity index (χ2n) is 3.65. The van der Waals surface area contributed by atoms with Gasteiger partial charge in [-0.15, -0.1) is 0 Å². The number of aromatic nitrogens is 2. The summed E-state index contributed by atoms with van der Waals surface area (Å²) < 4.78 is 44.2. The number of benzene rings is 1. The fourth-order valence-electron chi connectivity index (χ4n) is 1.30. The molecule has 2 rings (SSSR count). The molecule has 0 radical (unpaired) electrons. The molecule has 2 aromatic rings. The summed E-state index contributed by atoms with van der Waals surface area (Å²) in [4.78, 5) is 3.18. The molecule has 0 amide bonds. The summed E-state index contributed by atoms with van der Waals surface area (Å²) in [6.45, 7) is 1.60. The number of hydrogen-bond donors (Lipinski definition) is 2. The molecule has 0 spiro atoms. The average Bonchev–Trinajstić information content (AvgIpc) is 2.75. The Balaban J connectivity index is 2.50. The Morgan fingerprint density at radius 1 is 1.55 bits per heavy atom. The van der Waals surface area contributed by atoms with Crippen molar-refractivity contribution in [2.45, 2.75) is 11.8 Å².